The van der Waals surface area contributed by atoms with Crippen molar-refractivity contribution in [2.24, 2.45) is 0 Å². The van der Waals surface area contributed by atoms with Crippen molar-refractivity contribution in [3.63, 3.8) is 0 Å². The van der Waals surface area contributed by atoms with Crippen molar-refractivity contribution in [3.8, 4) is 11.4 Å². The van der Waals surface area contributed by atoms with Crippen LogP contribution in [0.3, 0.4) is 0 Å². The Hall–Kier alpha value is -4.39. The fraction of sp³-hybridized carbons (Fsp3) is 0.200. The summed E-state index contributed by atoms with van der Waals surface area (Å²) in [6.07, 6.45) is 1.96. The van der Waals surface area contributed by atoms with Gasteiger partial charge in [-0.2, -0.15) is 0 Å². The summed E-state index contributed by atoms with van der Waals surface area (Å²) in [4.78, 5) is 30.4. The average molecular weight is 498 g/mol. The first kappa shape index (κ1) is 24.3. The molecule has 37 heavy (non-hydrogen) atoms. The fourth-order valence-electron chi connectivity index (χ4n) is 4.75. The molecule has 0 radical (unpaired) electrons. The van der Waals surface area contributed by atoms with Gasteiger partial charge in [-0.25, -0.2) is 4.39 Å². The van der Waals surface area contributed by atoms with Crippen molar-refractivity contribution < 1.29 is 18.7 Å². The summed E-state index contributed by atoms with van der Waals surface area (Å²) < 4.78 is 21.5. The lowest BCUT2D eigenvalue weighted by atomic mass is 9.97. The minimum atomic E-state index is -0.484. The number of carbonyl (C=O) groups excluding carboxylic acids is 2. The van der Waals surface area contributed by atoms with E-state index < -0.39 is 6.04 Å². The number of amides is 2. The van der Waals surface area contributed by atoms with E-state index in [9.17, 15) is 14.0 Å². The second kappa shape index (κ2) is 10.3. The van der Waals surface area contributed by atoms with Gasteiger partial charge in [0.2, 0.25) is 5.91 Å². The second-order valence-electron chi connectivity index (χ2n) is 9.23. The Kier molecular flexibility index (Phi) is 6.77. The van der Waals surface area contributed by atoms with Crippen LogP contribution >= 0.6 is 0 Å². The van der Waals surface area contributed by atoms with Crippen molar-refractivity contribution in [2.45, 2.75) is 25.9 Å². The maximum Gasteiger partial charge on any atom is 0.261 e. The highest BCUT2D eigenvalue weighted by Gasteiger charge is 2.37. The van der Waals surface area contributed by atoms with Crippen molar-refractivity contribution in [2.75, 3.05) is 18.1 Å². The zero-order valence-electron chi connectivity index (χ0n) is 20.8. The van der Waals surface area contributed by atoms with Gasteiger partial charge >= 0.3 is 0 Å². The largest absolute Gasteiger partial charge is 0.484 e. The van der Waals surface area contributed by atoms with Crippen LogP contribution in [0.4, 0.5) is 10.1 Å². The lowest BCUT2D eigenvalue weighted by Crippen LogP contribution is -2.49. The number of rotatable bonds is 7. The van der Waals surface area contributed by atoms with Crippen LogP contribution in [0.1, 0.15) is 31.1 Å². The molecule has 0 saturated heterocycles. The van der Waals surface area contributed by atoms with E-state index in [1.165, 1.54) is 17.0 Å². The second-order valence-corrected chi connectivity index (χ2v) is 9.23. The molecular weight excluding hydrogens is 469 g/mol. The Morgan fingerprint density at radius 2 is 1.57 bits per heavy atom. The zero-order valence-corrected chi connectivity index (χ0v) is 20.8. The number of para-hydroxylation sites is 3. The van der Waals surface area contributed by atoms with Gasteiger partial charge in [-0.3, -0.25) is 14.5 Å². The zero-order chi connectivity index (χ0) is 25.9. The van der Waals surface area contributed by atoms with Crippen LogP contribution in [0.5, 0.6) is 5.75 Å². The number of ether oxygens (including phenoxy) is 1. The highest BCUT2D eigenvalue weighted by Crippen LogP contribution is 2.42. The maximum absolute atomic E-state index is 14.0. The van der Waals surface area contributed by atoms with Crippen molar-refractivity contribution in [3.05, 3.63) is 114 Å². The number of aromatic nitrogens is 1. The van der Waals surface area contributed by atoms with Gasteiger partial charge in [0.25, 0.3) is 5.91 Å². The SMILES string of the molecule is CC(C)N(CC(=O)N1c2ccccc2-n2cccc2C1c1ccc(F)cc1)C(=O)COc1ccccc1. The van der Waals surface area contributed by atoms with Crippen LogP contribution in [-0.4, -0.2) is 40.5 Å². The highest BCUT2D eigenvalue weighted by atomic mass is 19.1. The van der Waals surface area contributed by atoms with Gasteiger partial charge in [0.15, 0.2) is 6.61 Å². The lowest BCUT2D eigenvalue weighted by Gasteiger charge is -2.40. The molecule has 0 N–H and O–H groups in total. The molecule has 1 atom stereocenters. The van der Waals surface area contributed by atoms with Crippen molar-refractivity contribution in [1.82, 2.24) is 9.47 Å². The summed E-state index contributed by atoms with van der Waals surface area (Å²) in [7, 11) is 0. The molecule has 0 bridgehead atoms. The minimum Gasteiger partial charge on any atom is -0.484 e. The molecule has 4 aromatic rings. The molecular formula is C30H28FN3O3. The third-order valence-corrected chi connectivity index (χ3v) is 6.53. The van der Waals surface area contributed by atoms with E-state index in [1.54, 1.807) is 29.2 Å². The maximum atomic E-state index is 14.0. The number of hydrogen-bond acceptors (Lipinski definition) is 3. The van der Waals surface area contributed by atoms with Gasteiger partial charge < -0.3 is 14.2 Å². The number of hydrogen-bond donors (Lipinski definition) is 0. The molecule has 5 rings (SSSR count). The van der Waals surface area contributed by atoms with Crippen LogP contribution < -0.4 is 9.64 Å². The van der Waals surface area contributed by atoms with Gasteiger partial charge in [-0.15, -0.1) is 0 Å². The van der Waals surface area contributed by atoms with Gasteiger partial charge in [0.05, 0.1) is 17.1 Å². The van der Waals surface area contributed by atoms with Crippen LogP contribution in [-0.2, 0) is 9.59 Å². The van der Waals surface area contributed by atoms with E-state index in [0.717, 1.165) is 22.6 Å². The molecule has 7 heteroatoms. The molecule has 3 aromatic carbocycles. The first-order chi connectivity index (χ1) is 17.9. The third-order valence-electron chi connectivity index (χ3n) is 6.53. The molecule has 2 heterocycles. The van der Waals surface area contributed by atoms with Crippen molar-refractivity contribution in [1.29, 1.82) is 0 Å². The summed E-state index contributed by atoms with van der Waals surface area (Å²) in [6.45, 7) is 3.46. The Balaban J connectivity index is 1.47. The summed E-state index contributed by atoms with van der Waals surface area (Å²) in [6, 6.07) is 26.2. The quantitative estimate of drug-likeness (QED) is 0.345. The monoisotopic (exact) mass is 497 g/mol. The molecule has 1 aliphatic heterocycles. The molecule has 2 amide bonds. The van der Waals surface area contributed by atoms with E-state index in [0.29, 0.717) is 5.75 Å². The standard InChI is InChI=1S/C30H28FN3O3/c1-21(2)33(29(36)20-37-24-9-4-3-5-10-24)19-28(35)34-26-12-7-6-11-25(26)32-18-8-13-27(32)30(34)22-14-16-23(31)17-15-22/h3-18,21,30H,19-20H2,1-2H3. The summed E-state index contributed by atoms with van der Waals surface area (Å²) in [5.74, 6) is -0.272. The number of nitrogens with zero attached hydrogens (tertiary/aromatic N) is 3. The minimum absolute atomic E-state index is 0.124. The molecule has 0 fully saturated rings. The predicted molar refractivity (Wildman–Crippen MR) is 140 cm³/mol. The third kappa shape index (κ3) is 4.85. The Morgan fingerprint density at radius 3 is 2.27 bits per heavy atom. The smallest absolute Gasteiger partial charge is 0.261 e. The topological polar surface area (TPSA) is 54.8 Å². The number of anilines is 1. The highest BCUT2D eigenvalue weighted by molar-refractivity contribution is 6.00. The number of carbonyl (C=O) groups is 2. The van der Waals surface area contributed by atoms with E-state index in [1.807, 2.05) is 79.2 Å². The molecule has 0 spiro atoms. The molecule has 1 aromatic heterocycles. The van der Waals surface area contributed by atoms with E-state index in [-0.39, 0.29) is 36.8 Å². The van der Waals surface area contributed by atoms with Crippen LogP contribution in [0.2, 0.25) is 0 Å². The van der Waals surface area contributed by atoms with Gasteiger partial charge in [0, 0.05) is 12.2 Å². The fourth-order valence-corrected chi connectivity index (χ4v) is 4.75. The van der Waals surface area contributed by atoms with E-state index in [4.69, 9.17) is 4.74 Å². The molecule has 1 aliphatic rings. The number of fused-ring (bicyclic) bond motifs is 3. The van der Waals surface area contributed by atoms with Crippen molar-refractivity contribution >= 4 is 17.5 Å². The molecule has 0 saturated carbocycles. The molecule has 6 nitrogen and oxygen atoms in total. The van der Waals surface area contributed by atoms with Crippen LogP contribution in [0.25, 0.3) is 5.69 Å². The molecule has 188 valence electrons. The summed E-state index contributed by atoms with van der Waals surface area (Å²) in [5, 5.41) is 0. The normalized spacial score (nSPS) is 14.2. The van der Waals surface area contributed by atoms with E-state index in [2.05, 4.69) is 0 Å². The molecule has 0 aliphatic carbocycles. The van der Waals surface area contributed by atoms with E-state index >= 15 is 0 Å². The Bertz CT molecular complexity index is 1400. The summed E-state index contributed by atoms with van der Waals surface area (Å²) >= 11 is 0. The van der Waals surface area contributed by atoms with Gasteiger partial charge in [-0.05, 0) is 67.9 Å². The summed E-state index contributed by atoms with van der Waals surface area (Å²) in [5.41, 5.74) is 3.25. The lowest BCUT2D eigenvalue weighted by molar-refractivity contribution is -0.138. The first-order valence-corrected chi connectivity index (χ1v) is 12.3. The molecule has 1 unspecified atom stereocenters. The van der Waals surface area contributed by atoms with Gasteiger partial charge in [0.1, 0.15) is 24.2 Å². The Labute approximate surface area is 215 Å². The van der Waals surface area contributed by atoms with Gasteiger partial charge in [-0.1, -0.05) is 42.5 Å². The predicted octanol–water partition coefficient (Wildman–Crippen LogP) is 5.37. The number of benzene rings is 3. The number of halogens is 1. The van der Waals surface area contributed by atoms with Crippen LogP contribution in [0.15, 0.2) is 97.2 Å². The first-order valence-electron chi connectivity index (χ1n) is 12.3. The van der Waals surface area contributed by atoms with Crippen LogP contribution in [0, 0.1) is 5.82 Å². The average Bonchev–Trinajstić information content (AvgIpc) is 3.40. The Morgan fingerprint density at radius 1 is 0.892 bits per heavy atom.